The van der Waals surface area contributed by atoms with Gasteiger partial charge in [-0.15, -0.1) is 0 Å². The predicted octanol–water partition coefficient (Wildman–Crippen LogP) is 6.38. The number of benzene rings is 1. The van der Waals surface area contributed by atoms with Gasteiger partial charge in [0.1, 0.15) is 11.6 Å². The summed E-state index contributed by atoms with van der Waals surface area (Å²) in [7, 11) is 0. The molecular weight excluding hydrogens is 495 g/mol. The number of halogens is 1. The second kappa shape index (κ2) is 12.5. The molecule has 0 spiro atoms. The van der Waals surface area contributed by atoms with E-state index in [1.54, 1.807) is 56.6 Å². The molecule has 0 aliphatic carbocycles. The number of nitrogens with zero attached hydrogens (tertiary/aromatic N) is 4. The molecule has 0 saturated heterocycles. The second-order valence-corrected chi connectivity index (χ2v) is 8.86. The lowest BCUT2D eigenvalue weighted by Gasteiger charge is -2.15. The Labute approximate surface area is 227 Å². The van der Waals surface area contributed by atoms with Gasteiger partial charge in [0.2, 0.25) is 5.91 Å². The van der Waals surface area contributed by atoms with Gasteiger partial charge in [-0.25, -0.2) is 9.37 Å². The van der Waals surface area contributed by atoms with Gasteiger partial charge in [0, 0.05) is 36.6 Å². The van der Waals surface area contributed by atoms with Crippen molar-refractivity contribution in [3.63, 3.8) is 0 Å². The molecule has 198 valence electrons. The number of rotatable bonds is 6. The van der Waals surface area contributed by atoms with E-state index in [-0.39, 0.29) is 17.2 Å². The van der Waals surface area contributed by atoms with Gasteiger partial charge in [-0.1, -0.05) is 19.9 Å². The van der Waals surface area contributed by atoms with E-state index in [4.69, 9.17) is 0 Å². The summed E-state index contributed by atoms with van der Waals surface area (Å²) in [6.07, 6.45) is 4.65. The van der Waals surface area contributed by atoms with Crippen molar-refractivity contribution < 1.29 is 14.0 Å². The number of anilines is 2. The highest BCUT2D eigenvalue weighted by Gasteiger charge is 2.23. The number of pyridine rings is 3. The molecule has 9 heteroatoms. The number of nitriles is 1. The van der Waals surface area contributed by atoms with Crippen LogP contribution >= 0.6 is 0 Å². The molecule has 3 heterocycles. The first-order valence-corrected chi connectivity index (χ1v) is 12.4. The summed E-state index contributed by atoms with van der Waals surface area (Å²) in [5.41, 5.74) is 2.62. The molecule has 0 atom stereocenters. The predicted molar refractivity (Wildman–Crippen MR) is 149 cm³/mol. The van der Waals surface area contributed by atoms with Crippen molar-refractivity contribution in [3.8, 4) is 28.5 Å². The lowest BCUT2D eigenvalue weighted by Crippen LogP contribution is -2.19. The number of aromatic nitrogens is 3. The molecule has 0 saturated carbocycles. The minimum atomic E-state index is -0.877. The molecule has 0 aliphatic heterocycles. The molecule has 2 N–H and O–H groups in total. The molecule has 0 bridgehead atoms. The molecule has 2 amide bonds. The Morgan fingerprint density at radius 3 is 2.23 bits per heavy atom. The first-order valence-electron chi connectivity index (χ1n) is 12.4. The fourth-order valence-electron chi connectivity index (χ4n) is 3.57. The van der Waals surface area contributed by atoms with E-state index < -0.39 is 17.1 Å². The zero-order chi connectivity index (χ0) is 28.6. The van der Waals surface area contributed by atoms with Gasteiger partial charge < -0.3 is 10.6 Å². The van der Waals surface area contributed by atoms with Crippen molar-refractivity contribution in [2.75, 3.05) is 10.6 Å². The molecule has 8 nitrogen and oxygen atoms in total. The van der Waals surface area contributed by atoms with Crippen LogP contribution in [0, 0.1) is 17.1 Å². The van der Waals surface area contributed by atoms with Crippen LogP contribution in [0.25, 0.3) is 22.4 Å². The average Bonchev–Trinajstić information content (AvgIpc) is 2.95. The summed E-state index contributed by atoms with van der Waals surface area (Å²) in [5.74, 6) is -0.941. The van der Waals surface area contributed by atoms with Crippen LogP contribution in [0.15, 0.2) is 73.2 Å². The fourth-order valence-corrected chi connectivity index (χ4v) is 3.57. The summed E-state index contributed by atoms with van der Waals surface area (Å²) < 4.78 is 14.7. The van der Waals surface area contributed by atoms with Crippen molar-refractivity contribution in [1.82, 2.24) is 15.0 Å². The van der Waals surface area contributed by atoms with Crippen LogP contribution in [0.1, 0.15) is 50.7 Å². The maximum absolute atomic E-state index is 14.7. The normalized spacial score (nSPS) is 10.5. The molecule has 0 aliphatic rings. The van der Waals surface area contributed by atoms with Crippen molar-refractivity contribution in [2.24, 2.45) is 0 Å². The van der Waals surface area contributed by atoms with E-state index in [9.17, 15) is 19.2 Å². The molecule has 4 aromatic rings. The van der Waals surface area contributed by atoms with Crippen LogP contribution < -0.4 is 10.6 Å². The molecule has 39 heavy (non-hydrogen) atoms. The van der Waals surface area contributed by atoms with Crippen LogP contribution in [0.5, 0.6) is 0 Å². The monoisotopic (exact) mass is 524 g/mol. The smallest absolute Gasteiger partial charge is 0.255 e. The SMILES string of the molecule is CC.CC(=O)Nc1cc(-c2cc(-c3ccc(F)c(NC(=O)c4ccnc(C(C)(C)C#N)c4)c3)ccn2)ccn1. The van der Waals surface area contributed by atoms with Crippen LogP contribution in [-0.2, 0) is 10.2 Å². The summed E-state index contributed by atoms with van der Waals surface area (Å²) in [6, 6.07) is 16.7. The Morgan fingerprint density at radius 2 is 1.51 bits per heavy atom. The largest absolute Gasteiger partial charge is 0.319 e. The first kappa shape index (κ1) is 28.6. The van der Waals surface area contributed by atoms with Gasteiger partial charge in [0.25, 0.3) is 5.91 Å². The summed E-state index contributed by atoms with van der Waals surface area (Å²) >= 11 is 0. The number of hydrogen-bond acceptors (Lipinski definition) is 6. The number of amides is 2. The highest BCUT2D eigenvalue weighted by Crippen LogP contribution is 2.29. The van der Waals surface area contributed by atoms with Crippen LogP contribution in [-0.4, -0.2) is 26.8 Å². The van der Waals surface area contributed by atoms with Crippen molar-refractivity contribution in [1.29, 1.82) is 5.26 Å². The molecule has 0 fully saturated rings. The highest BCUT2D eigenvalue weighted by molar-refractivity contribution is 6.04. The first-order chi connectivity index (χ1) is 18.7. The zero-order valence-electron chi connectivity index (χ0n) is 22.4. The third-order valence-corrected chi connectivity index (χ3v) is 5.61. The quantitative estimate of drug-likeness (QED) is 0.302. The number of nitrogens with one attached hydrogen (secondary N) is 2. The van der Waals surface area contributed by atoms with Gasteiger partial charge in [-0.3, -0.25) is 19.6 Å². The highest BCUT2D eigenvalue weighted by atomic mass is 19.1. The Morgan fingerprint density at radius 1 is 0.846 bits per heavy atom. The van der Waals surface area contributed by atoms with Crippen molar-refractivity contribution in [2.45, 2.75) is 40.0 Å². The van der Waals surface area contributed by atoms with Crippen LogP contribution in [0.3, 0.4) is 0 Å². The summed E-state index contributed by atoms with van der Waals surface area (Å²) in [6.45, 7) is 8.81. The molecule has 0 unspecified atom stereocenters. The molecule has 4 rings (SSSR count). The topological polar surface area (TPSA) is 121 Å². The minimum absolute atomic E-state index is 0.00984. The Balaban J connectivity index is 0.00000205. The Kier molecular flexibility index (Phi) is 9.18. The summed E-state index contributed by atoms with van der Waals surface area (Å²) in [4.78, 5) is 37.0. The van der Waals surface area contributed by atoms with Gasteiger partial charge in [-0.2, -0.15) is 5.26 Å². The molecule has 3 aromatic heterocycles. The number of carbonyl (C=O) groups excluding carboxylic acids is 2. The van der Waals surface area contributed by atoms with Crippen molar-refractivity contribution in [3.05, 3.63) is 90.3 Å². The summed E-state index contributed by atoms with van der Waals surface area (Å²) in [5, 5.41) is 14.6. The van der Waals surface area contributed by atoms with Crippen LogP contribution in [0.4, 0.5) is 15.9 Å². The van der Waals surface area contributed by atoms with Crippen LogP contribution in [0.2, 0.25) is 0 Å². The second-order valence-electron chi connectivity index (χ2n) is 8.86. The fraction of sp³-hybridized carbons (Fsp3) is 0.200. The maximum atomic E-state index is 14.7. The van der Waals surface area contributed by atoms with E-state index in [2.05, 4.69) is 31.7 Å². The van der Waals surface area contributed by atoms with E-state index in [0.717, 1.165) is 11.1 Å². The van der Waals surface area contributed by atoms with E-state index in [1.165, 1.54) is 31.3 Å². The zero-order valence-corrected chi connectivity index (χ0v) is 22.4. The molecule has 0 radical (unpaired) electrons. The van der Waals surface area contributed by atoms with E-state index in [0.29, 0.717) is 22.8 Å². The van der Waals surface area contributed by atoms with Gasteiger partial charge >= 0.3 is 0 Å². The Hall–Kier alpha value is -4.97. The molecular formula is C30H29FN6O2. The minimum Gasteiger partial charge on any atom is -0.319 e. The van der Waals surface area contributed by atoms with Gasteiger partial charge in [0.05, 0.1) is 28.6 Å². The lowest BCUT2D eigenvalue weighted by atomic mass is 9.90. The number of hydrogen-bond donors (Lipinski definition) is 2. The van der Waals surface area contributed by atoms with E-state index in [1.807, 2.05) is 19.9 Å². The Bertz CT molecular complexity index is 1540. The van der Waals surface area contributed by atoms with Gasteiger partial charge in [-0.05, 0) is 73.5 Å². The average molecular weight is 525 g/mol. The maximum Gasteiger partial charge on any atom is 0.255 e. The lowest BCUT2D eigenvalue weighted by molar-refractivity contribution is -0.114. The van der Waals surface area contributed by atoms with Gasteiger partial charge in [0.15, 0.2) is 0 Å². The number of carbonyl (C=O) groups is 2. The third-order valence-electron chi connectivity index (χ3n) is 5.61. The van der Waals surface area contributed by atoms with Crippen molar-refractivity contribution >= 4 is 23.3 Å². The molecule has 1 aromatic carbocycles. The van der Waals surface area contributed by atoms with E-state index >= 15 is 0 Å². The standard InChI is InChI=1S/C28H23FN6O2.C2H6/c1-17(36)34-26-15-20(7-11-33-26)23-12-19(6-9-31-23)18-4-5-22(29)24(13-18)35-27(37)21-8-10-32-25(14-21)28(2,3)16-30;1-2/h4-15H,1-3H3,(H,35,37)(H,33,34,36);1-2H3. The third kappa shape index (κ3) is 7.08.